The Morgan fingerprint density at radius 3 is 2.43 bits per heavy atom. The second kappa shape index (κ2) is 12.9. The van der Waals surface area contributed by atoms with E-state index >= 15 is 0 Å². The van der Waals surface area contributed by atoms with Gasteiger partial charge < -0.3 is 25.4 Å². The molecule has 2 aromatic carbocycles. The summed E-state index contributed by atoms with van der Waals surface area (Å²) in [6.45, 7) is 2.45. The minimum atomic E-state index is -1.45. The van der Waals surface area contributed by atoms with E-state index in [4.69, 9.17) is 16.3 Å². The maximum absolute atomic E-state index is 14.6. The number of anilines is 1. The van der Waals surface area contributed by atoms with Gasteiger partial charge in [-0.15, -0.1) is 0 Å². The van der Waals surface area contributed by atoms with E-state index in [0.29, 0.717) is 10.7 Å². The number of ether oxygens (including phenoxy) is 1. The summed E-state index contributed by atoms with van der Waals surface area (Å²) in [6.07, 6.45) is -0.470. The van der Waals surface area contributed by atoms with Gasteiger partial charge in [-0.2, -0.15) is 0 Å². The highest BCUT2D eigenvalue weighted by atomic mass is 35.5. The van der Waals surface area contributed by atoms with Crippen molar-refractivity contribution < 1.29 is 34.0 Å². The highest BCUT2D eigenvalue weighted by Crippen LogP contribution is 2.27. The molecule has 4 N–H and O–H groups in total. The van der Waals surface area contributed by atoms with Crippen molar-refractivity contribution in [3.63, 3.8) is 0 Å². The molecule has 200 valence electrons. The summed E-state index contributed by atoms with van der Waals surface area (Å²) >= 11 is 5.98. The third-order valence-electron chi connectivity index (χ3n) is 5.59. The van der Waals surface area contributed by atoms with Gasteiger partial charge in [0.05, 0.1) is 19.2 Å². The number of amides is 2. The van der Waals surface area contributed by atoms with Crippen LogP contribution in [0.3, 0.4) is 0 Å². The quantitative estimate of drug-likeness (QED) is 0.329. The first-order chi connectivity index (χ1) is 17.6. The molecule has 0 bridgehead atoms. The van der Waals surface area contributed by atoms with Crippen molar-refractivity contribution in [2.45, 2.75) is 39.1 Å². The zero-order chi connectivity index (χ0) is 27.1. The van der Waals surface area contributed by atoms with Crippen LogP contribution < -0.4 is 10.1 Å². The molecule has 0 radical (unpaired) electrons. The van der Waals surface area contributed by atoms with Crippen molar-refractivity contribution in [2.75, 3.05) is 25.1 Å². The maximum atomic E-state index is 14.6. The number of urea groups is 1. The molecule has 1 aliphatic heterocycles. The van der Waals surface area contributed by atoms with E-state index in [1.54, 1.807) is 44.2 Å². The van der Waals surface area contributed by atoms with Crippen molar-refractivity contribution in [1.82, 2.24) is 9.80 Å². The number of rotatable bonds is 12. The number of hydrogen-bond donors (Lipinski definition) is 4. The molecule has 2 aromatic rings. The molecular formula is C26H31ClFN3O6. The molecule has 2 amide bonds. The van der Waals surface area contributed by atoms with Gasteiger partial charge in [0, 0.05) is 48.4 Å². The second-order valence-electron chi connectivity index (χ2n) is 9.00. The normalized spacial score (nSPS) is 15.9. The fraction of sp³-hybridized carbons (Fsp3) is 0.385. The molecule has 0 saturated heterocycles. The van der Waals surface area contributed by atoms with Gasteiger partial charge in [0.1, 0.15) is 5.82 Å². The molecule has 0 saturated carbocycles. The number of aliphatic hydroxyl groups is 3. The lowest BCUT2D eigenvalue weighted by molar-refractivity contribution is -0.123. The molecule has 0 fully saturated rings. The summed E-state index contributed by atoms with van der Waals surface area (Å²) in [5, 5.41) is 32.7. The molecule has 11 heteroatoms. The summed E-state index contributed by atoms with van der Waals surface area (Å²) in [5.74, 6) is -1.40. The highest BCUT2D eigenvalue weighted by molar-refractivity contribution is 6.30. The van der Waals surface area contributed by atoms with Crippen molar-refractivity contribution in [1.29, 1.82) is 0 Å². The molecule has 9 nitrogen and oxygen atoms in total. The first-order valence-electron chi connectivity index (χ1n) is 11.8. The van der Waals surface area contributed by atoms with Gasteiger partial charge in [0.25, 0.3) is 0 Å². The number of carbonyl (C=O) groups is 2. The van der Waals surface area contributed by atoms with Gasteiger partial charge in [0.2, 0.25) is 0 Å². The minimum absolute atomic E-state index is 0.0686. The number of Topliss-reactive ketones (excluding diaryl/α,β-unsaturated/α-hetero) is 1. The van der Waals surface area contributed by atoms with E-state index in [9.17, 15) is 29.3 Å². The van der Waals surface area contributed by atoms with Crippen LogP contribution in [-0.4, -0.2) is 69.0 Å². The fourth-order valence-electron chi connectivity index (χ4n) is 3.73. The molecule has 1 atom stereocenters. The van der Waals surface area contributed by atoms with Crippen LogP contribution >= 0.6 is 11.6 Å². The number of carbonyl (C=O) groups excluding carboxylic acids is 2. The molecule has 1 aliphatic rings. The second-order valence-corrected chi connectivity index (χ2v) is 9.44. The smallest absolute Gasteiger partial charge is 0.328 e. The number of ketones is 1. The van der Waals surface area contributed by atoms with Gasteiger partial charge in [-0.3, -0.25) is 14.6 Å². The number of nitrogens with one attached hydrogen (secondary N) is 1. The Morgan fingerprint density at radius 1 is 1.16 bits per heavy atom. The standard InChI is InChI=1S/C26H31ClFN3O6/c1-16(2)37-23-8-7-20(10-22(23)28)29-24-11-25(35)31(13-21(34)9-18(14-32)15-33)26(36)30(24)12-17-3-5-19(27)6-4-17/h3-8,10-11,16,18,25,29,32-33,35H,9,12-15H2,1-2H3. The van der Waals surface area contributed by atoms with Gasteiger partial charge in [-0.05, 0) is 43.7 Å². The van der Waals surface area contributed by atoms with Gasteiger partial charge in [-0.1, -0.05) is 23.7 Å². The molecule has 37 heavy (non-hydrogen) atoms. The van der Waals surface area contributed by atoms with E-state index < -0.39 is 36.3 Å². The largest absolute Gasteiger partial charge is 0.488 e. The Morgan fingerprint density at radius 2 is 1.84 bits per heavy atom. The Bertz CT molecular complexity index is 1120. The van der Waals surface area contributed by atoms with Crippen LogP contribution in [0.1, 0.15) is 25.8 Å². The zero-order valence-electron chi connectivity index (χ0n) is 20.6. The Hall–Kier alpha value is -3.18. The van der Waals surface area contributed by atoms with Crippen molar-refractivity contribution in [3.8, 4) is 5.75 Å². The van der Waals surface area contributed by atoms with Gasteiger partial charge in [0.15, 0.2) is 23.6 Å². The average Bonchev–Trinajstić information content (AvgIpc) is 2.85. The Labute approximate surface area is 219 Å². The van der Waals surface area contributed by atoms with Crippen LogP contribution in [0.25, 0.3) is 0 Å². The summed E-state index contributed by atoms with van der Waals surface area (Å²) in [4.78, 5) is 28.2. The van der Waals surface area contributed by atoms with Crippen molar-refractivity contribution in [2.24, 2.45) is 5.92 Å². The highest BCUT2D eigenvalue weighted by Gasteiger charge is 2.35. The number of halogens is 2. The van der Waals surface area contributed by atoms with E-state index in [1.165, 1.54) is 23.1 Å². The molecule has 0 aliphatic carbocycles. The molecule has 0 aromatic heterocycles. The number of nitrogens with zero attached hydrogens (tertiary/aromatic N) is 2. The van der Waals surface area contributed by atoms with Crippen LogP contribution in [0.4, 0.5) is 14.9 Å². The first kappa shape index (κ1) is 28.4. The average molecular weight is 536 g/mol. The minimum Gasteiger partial charge on any atom is -0.488 e. The zero-order valence-corrected chi connectivity index (χ0v) is 21.4. The molecule has 1 unspecified atom stereocenters. The SMILES string of the molecule is CC(C)Oc1ccc(NC2=CC(O)N(CC(=O)CC(CO)CO)C(=O)N2Cc2ccc(Cl)cc2)cc1F. The van der Waals surface area contributed by atoms with Crippen LogP contribution in [0.2, 0.25) is 5.02 Å². The number of hydrogen-bond acceptors (Lipinski definition) is 7. The fourth-order valence-corrected chi connectivity index (χ4v) is 3.85. The third kappa shape index (κ3) is 7.65. The molecule has 0 spiro atoms. The first-order valence-corrected chi connectivity index (χ1v) is 12.2. The Balaban J connectivity index is 1.87. The van der Waals surface area contributed by atoms with Crippen LogP contribution in [0.15, 0.2) is 54.4 Å². The monoisotopic (exact) mass is 535 g/mol. The van der Waals surface area contributed by atoms with Crippen LogP contribution in [0.5, 0.6) is 5.75 Å². The van der Waals surface area contributed by atoms with E-state index in [2.05, 4.69) is 5.32 Å². The maximum Gasteiger partial charge on any atom is 0.328 e. The lowest BCUT2D eigenvalue weighted by Crippen LogP contribution is -2.53. The van der Waals surface area contributed by atoms with Gasteiger partial charge in [-0.25, -0.2) is 9.18 Å². The topological polar surface area (TPSA) is 123 Å². The van der Waals surface area contributed by atoms with Crippen LogP contribution in [0, 0.1) is 11.7 Å². The van der Waals surface area contributed by atoms with E-state index in [1.807, 2.05) is 0 Å². The lowest BCUT2D eigenvalue weighted by atomic mass is 10.0. The number of benzene rings is 2. The summed E-state index contributed by atoms with van der Waals surface area (Å²) in [7, 11) is 0. The molecular weight excluding hydrogens is 505 g/mol. The van der Waals surface area contributed by atoms with Gasteiger partial charge >= 0.3 is 6.03 Å². The molecule has 1 heterocycles. The predicted octanol–water partition coefficient (Wildman–Crippen LogP) is 3.34. The Kier molecular flexibility index (Phi) is 9.87. The summed E-state index contributed by atoms with van der Waals surface area (Å²) in [6, 6.07) is 10.4. The molecule has 3 rings (SSSR count). The lowest BCUT2D eigenvalue weighted by Gasteiger charge is -2.38. The summed E-state index contributed by atoms with van der Waals surface area (Å²) < 4.78 is 20.0. The number of aliphatic hydroxyl groups excluding tert-OH is 3. The third-order valence-corrected chi connectivity index (χ3v) is 5.85. The van der Waals surface area contributed by atoms with E-state index in [0.717, 1.165) is 10.5 Å². The van der Waals surface area contributed by atoms with Crippen molar-refractivity contribution >= 4 is 29.1 Å². The van der Waals surface area contributed by atoms with Crippen LogP contribution in [-0.2, 0) is 11.3 Å². The van der Waals surface area contributed by atoms with E-state index in [-0.39, 0.29) is 43.9 Å². The van der Waals surface area contributed by atoms with Crippen molar-refractivity contribution in [3.05, 3.63) is 70.8 Å². The summed E-state index contributed by atoms with van der Waals surface area (Å²) in [5.41, 5.74) is 1.04. The predicted molar refractivity (Wildman–Crippen MR) is 136 cm³/mol.